The molecule has 1 aromatic carbocycles. The molecular weight excluding hydrogens is 196 g/mol. The monoisotopic (exact) mass is 214 g/mol. The number of nitrogens with zero attached hydrogens (tertiary/aromatic N) is 2. The van der Waals surface area contributed by atoms with Gasteiger partial charge in [-0.15, -0.1) is 0 Å². The van der Waals surface area contributed by atoms with E-state index in [-0.39, 0.29) is 5.41 Å². The minimum atomic E-state index is -0.0250. The Balaban J connectivity index is 3.23. The molecule has 0 radical (unpaired) electrons. The van der Waals surface area contributed by atoms with Crippen molar-refractivity contribution in [3.05, 3.63) is 29.3 Å². The highest BCUT2D eigenvalue weighted by Gasteiger charge is 2.18. The summed E-state index contributed by atoms with van der Waals surface area (Å²) in [5.74, 6) is 0. The molecular formula is C14H18N2. The van der Waals surface area contributed by atoms with Crippen molar-refractivity contribution in [1.29, 1.82) is 5.26 Å². The molecule has 0 N–H and O–H groups in total. The molecule has 84 valence electrons. The molecule has 0 saturated carbocycles. The summed E-state index contributed by atoms with van der Waals surface area (Å²) in [6, 6.07) is 7.98. The summed E-state index contributed by atoms with van der Waals surface area (Å²) in [7, 11) is 0. The van der Waals surface area contributed by atoms with Crippen molar-refractivity contribution in [2.45, 2.75) is 39.5 Å². The maximum atomic E-state index is 9.06. The van der Waals surface area contributed by atoms with Crippen LogP contribution in [-0.4, -0.2) is 6.21 Å². The highest BCUT2D eigenvalue weighted by molar-refractivity contribution is 5.64. The standard InChI is InChI=1S/C14H18N2/c1-5-8-16-12-7-6-11(10-15)13(9-12)14(2,3)4/h6-9H,5H2,1-4H3. The van der Waals surface area contributed by atoms with Crippen molar-refractivity contribution in [2.75, 3.05) is 0 Å². The van der Waals surface area contributed by atoms with Crippen LogP contribution in [0.1, 0.15) is 45.2 Å². The second-order valence-electron chi connectivity index (χ2n) is 4.81. The lowest BCUT2D eigenvalue weighted by Gasteiger charge is -2.20. The zero-order valence-electron chi connectivity index (χ0n) is 10.4. The Kier molecular flexibility index (Phi) is 3.84. The molecule has 0 unspecified atom stereocenters. The van der Waals surface area contributed by atoms with E-state index in [1.54, 1.807) is 0 Å². The first-order valence-electron chi connectivity index (χ1n) is 5.56. The van der Waals surface area contributed by atoms with Crippen molar-refractivity contribution < 1.29 is 0 Å². The minimum absolute atomic E-state index is 0.0250. The fraction of sp³-hybridized carbons (Fsp3) is 0.429. The second-order valence-corrected chi connectivity index (χ2v) is 4.81. The van der Waals surface area contributed by atoms with Crippen LogP contribution in [0.3, 0.4) is 0 Å². The highest BCUT2D eigenvalue weighted by atomic mass is 14.7. The van der Waals surface area contributed by atoms with Gasteiger partial charge < -0.3 is 0 Å². The molecule has 0 aliphatic heterocycles. The van der Waals surface area contributed by atoms with Crippen LogP contribution in [-0.2, 0) is 5.41 Å². The van der Waals surface area contributed by atoms with Gasteiger partial charge in [-0.1, -0.05) is 27.7 Å². The van der Waals surface area contributed by atoms with Gasteiger partial charge in [-0.05, 0) is 35.6 Å². The molecule has 2 nitrogen and oxygen atoms in total. The molecule has 2 heteroatoms. The number of nitriles is 1. The van der Waals surface area contributed by atoms with E-state index < -0.39 is 0 Å². The first-order valence-corrected chi connectivity index (χ1v) is 5.56. The van der Waals surface area contributed by atoms with Crippen LogP contribution in [0.2, 0.25) is 0 Å². The van der Waals surface area contributed by atoms with E-state index in [1.807, 2.05) is 24.4 Å². The van der Waals surface area contributed by atoms with Crippen molar-refractivity contribution >= 4 is 11.9 Å². The lowest BCUT2D eigenvalue weighted by Crippen LogP contribution is -2.13. The molecule has 0 aliphatic carbocycles. The normalized spacial score (nSPS) is 11.7. The van der Waals surface area contributed by atoms with E-state index in [9.17, 15) is 0 Å². The van der Waals surface area contributed by atoms with E-state index in [0.29, 0.717) is 0 Å². The van der Waals surface area contributed by atoms with Gasteiger partial charge in [0.2, 0.25) is 0 Å². The van der Waals surface area contributed by atoms with E-state index in [0.717, 1.165) is 23.2 Å². The van der Waals surface area contributed by atoms with Gasteiger partial charge in [-0.25, -0.2) is 0 Å². The Bertz CT molecular complexity index is 431. The summed E-state index contributed by atoms with van der Waals surface area (Å²) in [6.45, 7) is 8.38. The maximum Gasteiger partial charge on any atom is 0.0994 e. The Labute approximate surface area is 97.6 Å². The minimum Gasteiger partial charge on any atom is -0.261 e. The molecule has 0 aromatic heterocycles. The van der Waals surface area contributed by atoms with Crippen molar-refractivity contribution in [1.82, 2.24) is 0 Å². The van der Waals surface area contributed by atoms with E-state index in [4.69, 9.17) is 5.26 Å². The molecule has 0 aliphatic rings. The predicted octanol–water partition coefficient (Wildman–Crippen LogP) is 3.97. The average molecular weight is 214 g/mol. The lowest BCUT2D eigenvalue weighted by atomic mass is 9.84. The molecule has 16 heavy (non-hydrogen) atoms. The molecule has 0 spiro atoms. The predicted molar refractivity (Wildman–Crippen MR) is 68.3 cm³/mol. The third-order valence-electron chi connectivity index (χ3n) is 2.35. The SMILES string of the molecule is CCC=Nc1ccc(C#N)c(C(C)(C)C)c1. The molecule has 0 saturated heterocycles. The molecule has 0 amide bonds. The van der Waals surface area contributed by atoms with E-state index >= 15 is 0 Å². The van der Waals surface area contributed by atoms with Crippen LogP contribution in [0.4, 0.5) is 5.69 Å². The highest BCUT2D eigenvalue weighted by Crippen LogP contribution is 2.29. The Morgan fingerprint density at radius 2 is 2.06 bits per heavy atom. The summed E-state index contributed by atoms with van der Waals surface area (Å²) in [5, 5.41) is 9.06. The number of aliphatic imine (C=N–C) groups is 1. The van der Waals surface area contributed by atoms with Crippen molar-refractivity contribution in [3.8, 4) is 6.07 Å². The van der Waals surface area contributed by atoms with E-state index in [2.05, 4.69) is 38.8 Å². The van der Waals surface area contributed by atoms with Crippen LogP contribution in [0, 0.1) is 11.3 Å². The third-order valence-corrected chi connectivity index (χ3v) is 2.35. The first kappa shape index (κ1) is 12.4. The molecule has 0 atom stereocenters. The number of hydrogen-bond acceptors (Lipinski definition) is 2. The van der Waals surface area contributed by atoms with Gasteiger partial charge in [0.15, 0.2) is 0 Å². The van der Waals surface area contributed by atoms with Crippen molar-refractivity contribution in [3.63, 3.8) is 0 Å². The van der Waals surface area contributed by atoms with Crippen LogP contribution in [0.15, 0.2) is 23.2 Å². The molecule has 0 fully saturated rings. The topological polar surface area (TPSA) is 36.1 Å². The summed E-state index contributed by atoms with van der Waals surface area (Å²) in [6.07, 6.45) is 2.80. The third kappa shape index (κ3) is 2.93. The summed E-state index contributed by atoms with van der Waals surface area (Å²) in [5.41, 5.74) is 2.69. The Morgan fingerprint density at radius 3 is 2.56 bits per heavy atom. The largest absolute Gasteiger partial charge is 0.261 e. The average Bonchev–Trinajstić information content (AvgIpc) is 2.24. The fourth-order valence-electron chi connectivity index (χ4n) is 1.53. The van der Waals surface area contributed by atoms with Gasteiger partial charge in [0.25, 0.3) is 0 Å². The Morgan fingerprint density at radius 1 is 1.38 bits per heavy atom. The fourth-order valence-corrected chi connectivity index (χ4v) is 1.53. The molecule has 0 bridgehead atoms. The summed E-state index contributed by atoms with van der Waals surface area (Å²) < 4.78 is 0. The van der Waals surface area contributed by atoms with Crippen LogP contribution < -0.4 is 0 Å². The summed E-state index contributed by atoms with van der Waals surface area (Å²) >= 11 is 0. The van der Waals surface area contributed by atoms with Crippen LogP contribution in [0.5, 0.6) is 0 Å². The van der Waals surface area contributed by atoms with E-state index in [1.165, 1.54) is 0 Å². The van der Waals surface area contributed by atoms with Gasteiger partial charge in [0.1, 0.15) is 0 Å². The van der Waals surface area contributed by atoms with Gasteiger partial charge in [0.05, 0.1) is 17.3 Å². The van der Waals surface area contributed by atoms with Crippen LogP contribution in [0.25, 0.3) is 0 Å². The second kappa shape index (κ2) is 4.94. The zero-order chi connectivity index (χ0) is 12.2. The van der Waals surface area contributed by atoms with Gasteiger partial charge in [0, 0.05) is 6.21 Å². The smallest absolute Gasteiger partial charge is 0.0994 e. The number of benzene rings is 1. The number of hydrogen-bond donors (Lipinski definition) is 0. The van der Waals surface area contributed by atoms with Gasteiger partial charge in [-0.2, -0.15) is 5.26 Å². The van der Waals surface area contributed by atoms with Crippen LogP contribution >= 0.6 is 0 Å². The quantitative estimate of drug-likeness (QED) is 0.686. The van der Waals surface area contributed by atoms with Gasteiger partial charge >= 0.3 is 0 Å². The maximum absolute atomic E-state index is 9.06. The van der Waals surface area contributed by atoms with Crippen molar-refractivity contribution in [2.24, 2.45) is 4.99 Å². The first-order chi connectivity index (χ1) is 7.49. The molecule has 0 heterocycles. The Hall–Kier alpha value is -1.62. The lowest BCUT2D eigenvalue weighted by molar-refractivity contribution is 0.588. The molecule has 1 rings (SSSR count). The van der Waals surface area contributed by atoms with Gasteiger partial charge in [-0.3, -0.25) is 4.99 Å². The summed E-state index contributed by atoms with van der Waals surface area (Å²) in [4.78, 5) is 4.34. The number of rotatable bonds is 2. The zero-order valence-corrected chi connectivity index (χ0v) is 10.4. The molecule has 1 aromatic rings.